The molecule has 0 saturated carbocycles. The van der Waals surface area contributed by atoms with E-state index in [2.05, 4.69) is 10.3 Å². The smallest absolute Gasteiger partial charge is 0.340 e. The zero-order valence-corrected chi connectivity index (χ0v) is 17.4. The number of fused-ring (bicyclic) bond motifs is 2. The maximum absolute atomic E-state index is 12.5. The number of pyridine rings is 1. The summed E-state index contributed by atoms with van der Waals surface area (Å²) in [4.78, 5) is 41.2. The molecule has 1 amide bonds. The molecule has 0 fully saturated rings. The van der Waals surface area contributed by atoms with Gasteiger partial charge in [0.1, 0.15) is 0 Å². The van der Waals surface area contributed by atoms with Crippen molar-refractivity contribution >= 4 is 45.9 Å². The van der Waals surface area contributed by atoms with Crippen molar-refractivity contribution in [3.8, 4) is 11.5 Å². The van der Waals surface area contributed by atoms with Gasteiger partial charge >= 0.3 is 5.97 Å². The number of nitrogens with one attached hydrogen (secondary N) is 1. The lowest BCUT2D eigenvalue weighted by Gasteiger charge is -2.11. The monoisotopic (exact) mass is 440 g/mol. The first-order chi connectivity index (χ1) is 14.8. The molecule has 158 valence electrons. The number of ether oxygens (including phenoxy) is 3. The minimum absolute atomic E-state index is 0.0338. The number of rotatable bonds is 5. The highest BCUT2D eigenvalue weighted by atomic mass is 35.5. The van der Waals surface area contributed by atoms with E-state index >= 15 is 0 Å². The van der Waals surface area contributed by atoms with Crippen LogP contribution in [0.5, 0.6) is 11.5 Å². The first-order valence-electron chi connectivity index (χ1n) is 9.30. The van der Waals surface area contributed by atoms with Crippen LogP contribution in [0.15, 0.2) is 36.4 Å². The van der Waals surface area contributed by atoms with Gasteiger partial charge in [-0.1, -0.05) is 11.6 Å². The second kappa shape index (κ2) is 8.23. The zero-order valence-electron chi connectivity index (χ0n) is 16.7. The van der Waals surface area contributed by atoms with Crippen molar-refractivity contribution in [2.24, 2.45) is 0 Å². The number of carbonyl (C=O) groups is 3. The van der Waals surface area contributed by atoms with Gasteiger partial charge in [-0.3, -0.25) is 14.6 Å². The molecule has 4 rings (SSSR count). The molecule has 0 radical (unpaired) electrons. The van der Waals surface area contributed by atoms with E-state index in [4.69, 9.17) is 25.8 Å². The van der Waals surface area contributed by atoms with Crippen LogP contribution in [0.3, 0.4) is 0 Å². The molecule has 31 heavy (non-hydrogen) atoms. The molecule has 2 aromatic carbocycles. The number of Topliss-reactive ketones (excluding diaryl/α,β-unsaturated/α-hetero) is 1. The normalized spacial score (nSPS) is 12.0. The van der Waals surface area contributed by atoms with E-state index < -0.39 is 18.5 Å². The van der Waals surface area contributed by atoms with Crippen LogP contribution in [0.4, 0.5) is 5.69 Å². The number of esters is 1. The Kier molecular flexibility index (Phi) is 5.48. The van der Waals surface area contributed by atoms with Crippen molar-refractivity contribution in [3.05, 3.63) is 58.2 Å². The van der Waals surface area contributed by atoms with Crippen molar-refractivity contribution in [1.29, 1.82) is 0 Å². The van der Waals surface area contributed by atoms with Gasteiger partial charge in [-0.2, -0.15) is 0 Å². The van der Waals surface area contributed by atoms with Gasteiger partial charge in [-0.25, -0.2) is 4.79 Å². The molecule has 3 aromatic rings. The van der Waals surface area contributed by atoms with Gasteiger partial charge in [0.2, 0.25) is 6.79 Å². The van der Waals surface area contributed by atoms with Crippen LogP contribution in [0.25, 0.3) is 10.9 Å². The average Bonchev–Trinajstić information content (AvgIpc) is 3.18. The largest absolute Gasteiger partial charge is 0.454 e. The number of aromatic nitrogens is 1. The molecule has 0 unspecified atom stereocenters. The van der Waals surface area contributed by atoms with E-state index in [1.807, 2.05) is 0 Å². The van der Waals surface area contributed by atoms with Crippen LogP contribution in [0.2, 0.25) is 5.02 Å². The fourth-order valence-electron chi connectivity index (χ4n) is 3.18. The molecule has 9 heteroatoms. The fraction of sp³-hybridized carbons (Fsp3) is 0.182. The average molecular weight is 441 g/mol. The first-order valence-corrected chi connectivity index (χ1v) is 9.68. The molecule has 2 heterocycles. The maximum atomic E-state index is 12.5. The standard InChI is InChI=1S/C22H17ClN2O6/c1-11-15(6-13-5-14(23)3-4-17(13)24-11)22(28)29-9-21(27)25-18-8-20-19(30-10-31-20)7-16(18)12(2)26/h3-8H,9-10H2,1-2H3,(H,25,27). The Morgan fingerprint density at radius 2 is 1.84 bits per heavy atom. The molecule has 1 aliphatic heterocycles. The predicted octanol–water partition coefficient (Wildman–Crippen LogP) is 3.92. The number of hydrogen-bond donors (Lipinski definition) is 1. The number of amides is 1. The Morgan fingerprint density at radius 3 is 2.58 bits per heavy atom. The van der Waals surface area contributed by atoms with E-state index in [1.54, 1.807) is 31.2 Å². The third-order valence-electron chi connectivity index (χ3n) is 4.69. The summed E-state index contributed by atoms with van der Waals surface area (Å²) in [5.41, 5.74) is 1.90. The van der Waals surface area contributed by atoms with Crippen LogP contribution >= 0.6 is 11.6 Å². The molecule has 0 atom stereocenters. The predicted molar refractivity (Wildman–Crippen MR) is 113 cm³/mol. The number of aryl methyl sites for hydroxylation is 1. The lowest BCUT2D eigenvalue weighted by molar-refractivity contribution is -0.119. The Bertz CT molecular complexity index is 1240. The first kappa shape index (κ1) is 20.6. The van der Waals surface area contributed by atoms with Gasteiger partial charge in [-0.05, 0) is 44.2 Å². The van der Waals surface area contributed by atoms with Crippen LogP contribution in [-0.4, -0.2) is 36.0 Å². The minimum atomic E-state index is -0.695. The van der Waals surface area contributed by atoms with Gasteiger partial charge in [0.15, 0.2) is 23.9 Å². The van der Waals surface area contributed by atoms with Crippen molar-refractivity contribution in [2.75, 3.05) is 18.7 Å². The van der Waals surface area contributed by atoms with Gasteiger partial charge in [0.25, 0.3) is 5.91 Å². The summed E-state index contributed by atoms with van der Waals surface area (Å²) in [7, 11) is 0. The molecular formula is C22H17ClN2O6. The molecule has 0 spiro atoms. The maximum Gasteiger partial charge on any atom is 0.340 e. The van der Waals surface area contributed by atoms with Crippen LogP contribution < -0.4 is 14.8 Å². The van der Waals surface area contributed by atoms with Crippen LogP contribution in [0, 0.1) is 6.92 Å². The number of carbonyl (C=O) groups excluding carboxylic acids is 3. The Morgan fingerprint density at radius 1 is 1.10 bits per heavy atom. The number of anilines is 1. The summed E-state index contributed by atoms with van der Waals surface area (Å²) < 4.78 is 15.7. The van der Waals surface area contributed by atoms with E-state index in [0.717, 1.165) is 0 Å². The summed E-state index contributed by atoms with van der Waals surface area (Å²) in [5, 5.41) is 3.77. The van der Waals surface area contributed by atoms with E-state index in [-0.39, 0.29) is 29.4 Å². The third-order valence-corrected chi connectivity index (χ3v) is 4.92. The second-order valence-corrected chi connectivity index (χ2v) is 7.33. The molecular weight excluding hydrogens is 424 g/mol. The van der Waals surface area contributed by atoms with Gasteiger partial charge in [-0.15, -0.1) is 0 Å². The Labute approximate surface area is 182 Å². The molecule has 1 aromatic heterocycles. The fourth-order valence-corrected chi connectivity index (χ4v) is 3.36. The lowest BCUT2D eigenvalue weighted by Crippen LogP contribution is -2.22. The SMILES string of the molecule is CC(=O)c1cc2c(cc1NC(=O)COC(=O)c1cc3cc(Cl)ccc3nc1C)OCO2. The summed E-state index contributed by atoms with van der Waals surface area (Å²) in [5.74, 6) is -0.728. The van der Waals surface area contributed by atoms with Crippen molar-refractivity contribution in [1.82, 2.24) is 4.98 Å². The summed E-state index contributed by atoms with van der Waals surface area (Å²) >= 11 is 6.00. The summed E-state index contributed by atoms with van der Waals surface area (Å²) in [6.45, 7) is 2.54. The van der Waals surface area contributed by atoms with Crippen molar-refractivity contribution < 1.29 is 28.6 Å². The second-order valence-electron chi connectivity index (χ2n) is 6.89. The van der Waals surface area contributed by atoms with Crippen molar-refractivity contribution in [2.45, 2.75) is 13.8 Å². The van der Waals surface area contributed by atoms with Crippen LogP contribution in [-0.2, 0) is 9.53 Å². The highest BCUT2D eigenvalue weighted by Crippen LogP contribution is 2.37. The topological polar surface area (TPSA) is 104 Å². The van der Waals surface area contributed by atoms with E-state index in [0.29, 0.717) is 33.1 Å². The van der Waals surface area contributed by atoms with E-state index in [9.17, 15) is 14.4 Å². The zero-order chi connectivity index (χ0) is 22.1. The number of ketones is 1. The number of halogens is 1. The summed E-state index contributed by atoms with van der Waals surface area (Å²) in [6.07, 6.45) is 0. The minimum Gasteiger partial charge on any atom is -0.454 e. The number of nitrogens with zero attached hydrogens (tertiary/aromatic N) is 1. The van der Waals surface area contributed by atoms with Gasteiger partial charge < -0.3 is 19.5 Å². The Hall–Kier alpha value is -3.65. The molecule has 1 aliphatic rings. The van der Waals surface area contributed by atoms with E-state index in [1.165, 1.54) is 19.1 Å². The molecule has 0 bridgehead atoms. The van der Waals surface area contributed by atoms with Crippen LogP contribution in [0.1, 0.15) is 33.3 Å². The quantitative estimate of drug-likeness (QED) is 0.473. The lowest BCUT2D eigenvalue weighted by atomic mass is 10.1. The number of hydrogen-bond acceptors (Lipinski definition) is 7. The third kappa shape index (κ3) is 4.29. The summed E-state index contributed by atoms with van der Waals surface area (Å²) in [6, 6.07) is 9.78. The Balaban J connectivity index is 1.47. The molecule has 0 aliphatic carbocycles. The molecule has 0 saturated heterocycles. The number of benzene rings is 2. The highest BCUT2D eigenvalue weighted by molar-refractivity contribution is 6.31. The highest BCUT2D eigenvalue weighted by Gasteiger charge is 2.21. The van der Waals surface area contributed by atoms with Gasteiger partial charge in [0.05, 0.1) is 22.5 Å². The molecule has 1 N–H and O–H groups in total. The van der Waals surface area contributed by atoms with Gasteiger partial charge in [0, 0.05) is 22.0 Å². The van der Waals surface area contributed by atoms with Crippen molar-refractivity contribution in [3.63, 3.8) is 0 Å². The molecule has 8 nitrogen and oxygen atoms in total.